The third-order valence-electron chi connectivity index (χ3n) is 2.98. The zero-order valence-corrected chi connectivity index (χ0v) is 10.5. The van der Waals surface area contributed by atoms with Crippen LogP contribution in [0.4, 0.5) is 11.8 Å². The van der Waals surface area contributed by atoms with E-state index in [9.17, 15) is 0 Å². The van der Waals surface area contributed by atoms with Gasteiger partial charge in [-0.05, 0) is 18.9 Å². The Hall–Kier alpha value is -1.36. The van der Waals surface area contributed by atoms with Crippen molar-refractivity contribution in [2.24, 2.45) is 0 Å². The number of hydrogen-bond acceptors (Lipinski definition) is 5. The van der Waals surface area contributed by atoms with Crippen molar-refractivity contribution in [1.29, 1.82) is 0 Å². The second-order valence-corrected chi connectivity index (χ2v) is 4.26. The summed E-state index contributed by atoms with van der Waals surface area (Å²) in [7, 11) is 1.77. The van der Waals surface area contributed by atoms with E-state index >= 15 is 0 Å². The van der Waals surface area contributed by atoms with Crippen LogP contribution in [0.3, 0.4) is 0 Å². The zero-order valence-electron chi connectivity index (χ0n) is 10.5. The highest BCUT2D eigenvalue weighted by Crippen LogP contribution is 2.19. The van der Waals surface area contributed by atoms with Crippen LogP contribution >= 0.6 is 0 Å². The predicted molar refractivity (Wildman–Crippen MR) is 68.4 cm³/mol. The molecule has 17 heavy (non-hydrogen) atoms. The van der Waals surface area contributed by atoms with Gasteiger partial charge in [0, 0.05) is 32.9 Å². The summed E-state index contributed by atoms with van der Waals surface area (Å²) in [5, 5.41) is 3.20. The molecule has 1 aromatic heterocycles. The minimum absolute atomic E-state index is 0.331. The van der Waals surface area contributed by atoms with Crippen molar-refractivity contribution in [1.82, 2.24) is 9.97 Å². The van der Waals surface area contributed by atoms with Gasteiger partial charge in [-0.3, -0.25) is 0 Å². The quantitative estimate of drug-likeness (QED) is 0.840. The van der Waals surface area contributed by atoms with Crippen molar-refractivity contribution < 1.29 is 4.74 Å². The van der Waals surface area contributed by atoms with Gasteiger partial charge < -0.3 is 15.0 Å². The molecule has 0 amide bonds. The number of ether oxygens (including phenoxy) is 1. The lowest BCUT2D eigenvalue weighted by molar-refractivity contribution is 0.121. The van der Waals surface area contributed by atoms with E-state index in [0.717, 1.165) is 38.3 Å². The fourth-order valence-electron chi connectivity index (χ4n) is 1.98. The number of hydrogen-bond donors (Lipinski definition) is 1. The second kappa shape index (κ2) is 5.82. The van der Waals surface area contributed by atoms with Gasteiger partial charge in [-0.1, -0.05) is 6.92 Å². The van der Waals surface area contributed by atoms with Crippen LogP contribution in [0.2, 0.25) is 0 Å². The SMILES string of the molecule is CCCNc1nccc(N2CCC(OC)C2)n1. The summed E-state index contributed by atoms with van der Waals surface area (Å²) in [5.41, 5.74) is 0. The molecule has 1 fully saturated rings. The first kappa shape index (κ1) is 12.1. The van der Waals surface area contributed by atoms with Crippen LogP contribution in [-0.4, -0.2) is 42.8 Å². The summed E-state index contributed by atoms with van der Waals surface area (Å²) in [5.74, 6) is 1.70. The number of rotatable bonds is 5. The van der Waals surface area contributed by atoms with Crippen LogP contribution in [0, 0.1) is 0 Å². The van der Waals surface area contributed by atoms with E-state index < -0.39 is 0 Å². The molecular formula is C12H20N4O. The molecule has 0 saturated carbocycles. The molecule has 1 aromatic rings. The van der Waals surface area contributed by atoms with Gasteiger partial charge in [-0.2, -0.15) is 4.98 Å². The monoisotopic (exact) mass is 236 g/mol. The molecule has 5 nitrogen and oxygen atoms in total. The molecule has 1 N–H and O–H groups in total. The summed E-state index contributed by atoms with van der Waals surface area (Å²) in [6.07, 6.45) is 4.28. The van der Waals surface area contributed by atoms with Gasteiger partial charge in [-0.25, -0.2) is 4.98 Å². The van der Waals surface area contributed by atoms with E-state index in [0.29, 0.717) is 12.1 Å². The van der Waals surface area contributed by atoms with E-state index in [4.69, 9.17) is 4.74 Å². The fraction of sp³-hybridized carbons (Fsp3) is 0.667. The Labute approximate surface area is 102 Å². The van der Waals surface area contributed by atoms with Gasteiger partial charge >= 0.3 is 0 Å². The van der Waals surface area contributed by atoms with Crippen LogP contribution in [0.25, 0.3) is 0 Å². The number of methoxy groups -OCH3 is 1. The van der Waals surface area contributed by atoms with Gasteiger partial charge in [0.05, 0.1) is 6.10 Å². The van der Waals surface area contributed by atoms with Gasteiger partial charge in [0.2, 0.25) is 5.95 Å². The Morgan fingerprint density at radius 1 is 1.59 bits per heavy atom. The molecule has 0 spiro atoms. The molecule has 0 bridgehead atoms. The van der Waals surface area contributed by atoms with E-state index in [1.54, 1.807) is 13.3 Å². The Morgan fingerprint density at radius 3 is 3.18 bits per heavy atom. The van der Waals surface area contributed by atoms with E-state index in [2.05, 4.69) is 27.1 Å². The van der Waals surface area contributed by atoms with Crippen molar-refractivity contribution in [2.75, 3.05) is 37.0 Å². The minimum Gasteiger partial charge on any atom is -0.380 e. The maximum atomic E-state index is 5.36. The Kier molecular flexibility index (Phi) is 4.14. The molecule has 1 unspecified atom stereocenters. The summed E-state index contributed by atoms with van der Waals surface area (Å²) < 4.78 is 5.36. The van der Waals surface area contributed by atoms with Gasteiger partial charge in [0.25, 0.3) is 0 Å². The van der Waals surface area contributed by atoms with Crippen LogP contribution in [0.15, 0.2) is 12.3 Å². The summed E-state index contributed by atoms with van der Waals surface area (Å²) in [4.78, 5) is 11.0. The molecule has 2 heterocycles. The highest BCUT2D eigenvalue weighted by atomic mass is 16.5. The first-order valence-electron chi connectivity index (χ1n) is 6.18. The lowest BCUT2D eigenvalue weighted by atomic mass is 10.3. The number of nitrogens with one attached hydrogen (secondary N) is 1. The highest BCUT2D eigenvalue weighted by molar-refractivity contribution is 5.43. The lowest BCUT2D eigenvalue weighted by Gasteiger charge is -2.17. The van der Waals surface area contributed by atoms with E-state index in [1.165, 1.54) is 0 Å². The topological polar surface area (TPSA) is 50.3 Å². The lowest BCUT2D eigenvalue weighted by Crippen LogP contribution is -2.23. The third kappa shape index (κ3) is 3.06. The Bertz CT molecular complexity index is 358. The van der Waals surface area contributed by atoms with Gasteiger partial charge in [0.1, 0.15) is 5.82 Å². The largest absolute Gasteiger partial charge is 0.380 e. The molecule has 0 aliphatic carbocycles. The Morgan fingerprint density at radius 2 is 2.47 bits per heavy atom. The van der Waals surface area contributed by atoms with E-state index in [-0.39, 0.29) is 0 Å². The molecule has 1 saturated heterocycles. The van der Waals surface area contributed by atoms with Crippen molar-refractivity contribution in [3.63, 3.8) is 0 Å². The highest BCUT2D eigenvalue weighted by Gasteiger charge is 2.23. The van der Waals surface area contributed by atoms with Gasteiger partial charge in [-0.15, -0.1) is 0 Å². The smallest absolute Gasteiger partial charge is 0.224 e. The van der Waals surface area contributed by atoms with Crippen LogP contribution in [-0.2, 0) is 4.74 Å². The van der Waals surface area contributed by atoms with E-state index in [1.807, 2.05) is 6.07 Å². The average Bonchev–Trinajstić information content (AvgIpc) is 2.85. The molecule has 1 atom stereocenters. The molecule has 5 heteroatoms. The van der Waals surface area contributed by atoms with Crippen molar-refractivity contribution in [3.8, 4) is 0 Å². The molecule has 1 aliphatic rings. The normalized spacial score (nSPS) is 19.6. The fourth-order valence-corrected chi connectivity index (χ4v) is 1.98. The summed E-state index contributed by atoms with van der Waals surface area (Å²) >= 11 is 0. The first-order chi connectivity index (χ1) is 8.33. The maximum Gasteiger partial charge on any atom is 0.224 e. The molecule has 2 rings (SSSR count). The van der Waals surface area contributed by atoms with Crippen LogP contribution in [0.1, 0.15) is 19.8 Å². The maximum absolute atomic E-state index is 5.36. The molecule has 0 aromatic carbocycles. The zero-order chi connectivity index (χ0) is 12.1. The summed E-state index contributed by atoms with van der Waals surface area (Å²) in [6, 6.07) is 1.95. The molecule has 1 aliphatic heterocycles. The van der Waals surface area contributed by atoms with Crippen LogP contribution in [0.5, 0.6) is 0 Å². The standard InChI is InChI=1S/C12H20N4O/c1-3-6-13-12-14-7-4-11(15-12)16-8-5-10(9-16)17-2/h4,7,10H,3,5-6,8-9H2,1-2H3,(H,13,14,15). The first-order valence-corrected chi connectivity index (χ1v) is 6.18. The average molecular weight is 236 g/mol. The minimum atomic E-state index is 0.331. The number of nitrogens with zero attached hydrogens (tertiary/aromatic N) is 3. The number of anilines is 2. The molecule has 0 radical (unpaired) electrons. The van der Waals surface area contributed by atoms with Crippen LogP contribution < -0.4 is 10.2 Å². The van der Waals surface area contributed by atoms with Crippen molar-refractivity contribution in [3.05, 3.63) is 12.3 Å². The van der Waals surface area contributed by atoms with Gasteiger partial charge in [0.15, 0.2) is 0 Å². The summed E-state index contributed by atoms with van der Waals surface area (Å²) in [6.45, 7) is 4.95. The Balaban J connectivity index is 2.01. The predicted octanol–water partition coefficient (Wildman–Crippen LogP) is 1.52. The molecule has 94 valence electrons. The third-order valence-corrected chi connectivity index (χ3v) is 2.98. The van der Waals surface area contributed by atoms with Crippen molar-refractivity contribution in [2.45, 2.75) is 25.9 Å². The number of aromatic nitrogens is 2. The second-order valence-electron chi connectivity index (χ2n) is 4.26. The molecular weight excluding hydrogens is 216 g/mol. The van der Waals surface area contributed by atoms with Crippen molar-refractivity contribution >= 4 is 11.8 Å².